The Labute approximate surface area is 141 Å². The molecule has 24 heavy (non-hydrogen) atoms. The van der Waals surface area contributed by atoms with Crippen molar-refractivity contribution in [2.75, 3.05) is 6.61 Å². The van der Waals surface area contributed by atoms with E-state index in [-0.39, 0.29) is 23.1 Å². The van der Waals surface area contributed by atoms with Crippen LogP contribution in [0, 0.1) is 13.8 Å². The van der Waals surface area contributed by atoms with Crippen molar-refractivity contribution < 1.29 is 9.53 Å². The summed E-state index contributed by atoms with van der Waals surface area (Å²) in [6, 6.07) is 3.65. The Kier molecular flexibility index (Phi) is 3.82. The fourth-order valence-electron chi connectivity index (χ4n) is 3.25. The largest absolute Gasteiger partial charge is 0.462 e. The number of carbonyl (C=O) groups excluding carboxylic acids is 1. The maximum Gasteiger partial charge on any atom is 0.343 e. The zero-order valence-corrected chi connectivity index (χ0v) is 14.8. The first-order valence-corrected chi connectivity index (χ1v) is 8.16. The van der Waals surface area contributed by atoms with Crippen LogP contribution < -0.4 is 5.43 Å². The van der Waals surface area contributed by atoms with Crippen molar-refractivity contribution in [3.05, 3.63) is 50.9 Å². The van der Waals surface area contributed by atoms with Crippen LogP contribution in [0.2, 0.25) is 0 Å². The van der Waals surface area contributed by atoms with Crippen LogP contribution in [0.3, 0.4) is 0 Å². The summed E-state index contributed by atoms with van der Waals surface area (Å²) < 4.78 is 6.98. The van der Waals surface area contributed by atoms with Gasteiger partial charge >= 0.3 is 5.97 Å². The number of hydrogen-bond acceptors (Lipinski definition) is 4. The number of aryl methyl sites for hydroxylation is 2. The standard InChI is InChI=1S/C19H22N2O3/c1-6-24-18(23)14-10-21-15(8-16(14)22)17-13(9-19(21,4)5)7-11(2)12(3)20-17/h7-8,10H,6,9H2,1-5H3. The lowest BCUT2D eigenvalue weighted by molar-refractivity contribution is 0.0523. The van der Waals surface area contributed by atoms with Gasteiger partial charge in [-0.3, -0.25) is 9.78 Å². The van der Waals surface area contributed by atoms with Gasteiger partial charge in [0.1, 0.15) is 5.56 Å². The molecule has 3 rings (SSSR count). The van der Waals surface area contributed by atoms with Gasteiger partial charge in [-0.05, 0) is 52.2 Å². The predicted molar refractivity (Wildman–Crippen MR) is 92.4 cm³/mol. The lowest BCUT2D eigenvalue weighted by atomic mass is 9.86. The third-order valence-corrected chi connectivity index (χ3v) is 4.61. The van der Waals surface area contributed by atoms with Crippen LogP contribution in [0.1, 0.15) is 48.0 Å². The van der Waals surface area contributed by atoms with E-state index in [1.54, 1.807) is 13.1 Å². The quantitative estimate of drug-likeness (QED) is 0.796. The normalized spacial score (nSPS) is 14.7. The maximum atomic E-state index is 12.4. The second-order valence-corrected chi connectivity index (χ2v) is 6.91. The molecule has 0 aromatic carbocycles. The summed E-state index contributed by atoms with van der Waals surface area (Å²) in [7, 11) is 0. The molecule has 126 valence electrons. The second kappa shape index (κ2) is 5.58. The molecule has 0 N–H and O–H groups in total. The lowest BCUT2D eigenvalue weighted by Crippen LogP contribution is -2.36. The van der Waals surface area contributed by atoms with Crippen molar-refractivity contribution in [3.8, 4) is 11.4 Å². The predicted octanol–water partition coefficient (Wildman–Crippen LogP) is 3.00. The number of aromatic nitrogens is 2. The third kappa shape index (κ3) is 2.54. The van der Waals surface area contributed by atoms with E-state index in [1.165, 1.54) is 6.07 Å². The first kappa shape index (κ1) is 16.4. The minimum Gasteiger partial charge on any atom is -0.462 e. The Morgan fingerprint density at radius 3 is 2.71 bits per heavy atom. The molecule has 0 radical (unpaired) electrons. The van der Waals surface area contributed by atoms with Crippen LogP contribution in [0.5, 0.6) is 0 Å². The van der Waals surface area contributed by atoms with Crippen LogP contribution in [-0.4, -0.2) is 22.1 Å². The first-order chi connectivity index (χ1) is 11.2. The summed E-state index contributed by atoms with van der Waals surface area (Å²) in [4.78, 5) is 29.2. The fourth-order valence-corrected chi connectivity index (χ4v) is 3.25. The highest BCUT2D eigenvalue weighted by Gasteiger charge is 2.32. The minimum absolute atomic E-state index is 0.0703. The van der Waals surface area contributed by atoms with E-state index >= 15 is 0 Å². The second-order valence-electron chi connectivity index (χ2n) is 6.91. The van der Waals surface area contributed by atoms with Crippen molar-refractivity contribution in [3.63, 3.8) is 0 Å². The van der Waals surface area contributed by atoms with E-state index in [0.29, 0.717) is 0 Å². The Bertz CT molecular complexity index is 894. The zero-order chi connectivity index (χ0) is 17.6. The Morgan fingerprint density at radius 1 is 1.33 bits per heavy atom. The van der Waals surface area contributed by atoms with Crippen molar-refractivity contribution in [1.82, 2.24) is 9.55 Å². The minimum atomic E-state index is -0.576. The molecule has 0 unspecified atom stereocenters. The van der Waals surface area contributed by atoms with E-state index in [0.717, 1.165) is 34.6 Å². The van der Waals surface area contributed by atoms with Crippen molar-refractivity contribution in [1.29, 1.82) is 0 Å². The number of carbonyl (C=O) groups is 1. The van der Waals surface area contributed by atoms with Crippen LogP contribution in [0.25, 0.3) is 11.4 Å². The van der Waals surface area contributed by atoms with Gasteiger partial charge in [-0.1, -0.05) is 6.07 Å². The topological polar surface area (TPSA) is 61.2 Å². The summed E-state index contributed by atoms with van der Waals surface area (Å²) in [5.74, 6) is -0.576. The molecular weight excluding hydrogens is 304 g/mol. The molecule has 2 aromatic heterocycles. The number of fused-ring (bicyclic) bond motifs is 3. The number of ether oxygens (including phenoxy) is 1. The van der Waals surface area contributed by atoms with Gasteiger partial charge in [0.25, 0.3) is 0 Å². The highest BCUT2D eigenvalue weighted by molar-refractivity contribution is 5.89. The molecule has 0 saturated carbocycles. The van der Waals surface area contributed by atoms with Gasteiger partial charge in [-0.2, -0.15) is 0 Å². The Balaban J connectivity index is 2.27. The summed E-state index contributed by atoms with van der Waals surface area (Å²) >= 11 is 0. The molecular formula is C19H22N2O3. The SMILES string of the molecule is CCOC(=O)c1cn2c(cc1=O)-c1nc(C)c(C)cc1CC2(C)C. The molecule has 0 bridgehead atoms. The summed E-state index contributed by atoms with van der Waals surface area (Å²) in [5.41, 5.74) is 4.27. The maximum absolute atomic E-state index is 12.4. The van der Waals surface area contributed by atoms with Crippen LogP contribution in [0.4, 0.5) is 0 Å². The van der Waals surface area contributed by atoms with Crippen LogP contribution in [-0.2, 0) is 16.7 Å². The first-order valence-electron chi connectivity index (χ1n) is 8.16. The van der Waals surface area contributed by atoms with Crippen LogP contribution in [0.15, 0.2) is 23.1 Å². The summed E-state index contributed by atoms with van der Waals surface area (Å²) in [5, 5.41) is 0. The Hall–Kier alpha value is -2.43. The number of pyridine rings is 2. The molecule has 5 heteroatoms. The molecule has 0 fully saturated rings. The van der Waals surface area contributed by atoms with Crippen molar-refractivity contribution in [2.45, 2.75) is 46.6 Å². The summed E-state index contributed by atoms with van der Waals surface area (Å²) in [6.45, 7) is 10.2. The number of hydrogen-bond donors (Lipinski definition) is 0. The van der Waals surface area contributed by atoms with E-state index in [4.69, 9.17) is 9.72 Å². The number of esters is 1. The Morgan fingerprint density at radius 2 is 2.04 bits per heavy atom. The number of rotatable bonds is 2. The summed E-state index contributed by atoms with van der Waals surface area (Å²) in [6.07, 6.45) is 2.41. The van der Waals surface area contributed by atoms with E-state index in [9.17, 15) is 9.59 Å². The average Bonchev–Trinajstić information content (AvgIpc) is 2.49. The fraction of sp³-hybridized carbons (Fsp3) is 0.421. The van der Waals surface area contributed by atoms with E-state index in [1.807, 2.05) is 18.4 Å². The van der Waals surface area contributed by atoms with Crippen LogP contribution >= 0.6 is 0 Å². The van der Waals surface area contributed by atoms with Gasteiger partial charge in [0.15, 0.2) is 5.43 Å². The smallest absolute Gasteiger partial charge is 0.343 e. The highest BCUT2D eigenvalue weighted by Crippen LogP contribution is 2.36. The highest BCUT2D eigenvalue weighted by atomic mass is 16.5. The van der Waals surface area contributed by atoms with Gasteiger partial charge in [-0.25, -0.2) is 4.79 Å². The molecule has 5 nitrogen and oxygen atoms in total. The van der Waals surface area contributed by atoms with E-state index < -0.39 is 5.97 Å². The molecule has 1 aliphatic rings. The molecule has 0 aliphatic carbocycles. The van der Waals surface area contributed by atoms with Gasteiger partial charge < -0.3 is 9.30 Å². The molecule has 2 aromatic rings. The zero-order valence-electron chi connectivity index (χ0n) is 14.8. The lowest BCUT2D eigenvalue weighted by Gasteiger charge is -2.36. The van der Waals surface area contributed by atoms with E-state index in [2.05, 4.69) is 19.9 Å². The van der Waals surface area contributed by atoms with Gasteiger partial charge in [0, 0.05) is 23.5 Å². The van der Waals surface area contributed by atoms with Gasteiger partial charge in [0.05, 0.1) is 18.0 Å². The van der Waals surface area contributed by atoms with Crippen molar-refractivity contribution in [2.24, 2.45) is 0 Å². The van der Waals surface area contributed by atoms with Gasteiger partial charge in [-0.15, -0.1) is 0 Å². The van der Waals surface area contributed by atoms with Crippen molar-refractivity contribution >= 4 is 5.97 Å². The monoisotopic (exact) mass is 326 g/mol. The average molecular weight is 326 g/mol. The molecule has 0 spiro atoms. The molecule has 0 atom stereocenters. The third-order valence-electron chi connectivity index (χ3n) is 4.61. The molecule has 3 heterocycles. The number of nitrogens with zero attached hydrogens (tertiary/aromatic N) is 2. The molecule has 0 amide bonds. The van der Waals surface area contributed by atoms with Gasteiger partial charge in [0.2, 0.25) is 0 Å². The molecule has 0 saturated heterocycles. The molecule has 1 aliphatic heterocycles.